The van der Waals surface area contributed by atoms with Crippen molar-refractivity contribution in [1.29, 1.82) is 0 Å². The highest BCUT2D eigenvalue weighted by atomic mass is 16.5. The minimum absolute atomic E-state index is 0.0981. The molecule has 0 saturated carbocycles. The van der Waals surface area contributed by atoms with Crippen LogP contribution in [0.25, 0.3) is 17.0 Å². The molecular weight excluding hydrogens is 498 g/mol. The van der Waals surface area contributed by atoms with Crippen LogP contribution >= 0.6 is 0 Å². The van der Waals surface area contributed by atoms with Crippen molar-refractivity contribution >= 4 is 22.9 Å². The number of carbonyl (C=O) groups is 1. The molecule has 214 valence electrons. The van der Waals surface area contributed by atoms with E-state index >= 15 is 0 Å². The number of benzene rings is 2. The van der Waals surface area contributed by atoms with Gasteiger partial charge in [0.1, 0.15) is 5.75 Å². The fourth-order valence-electron chi connectivity index (χ4n) is 6.02. The second kappa shape index (κ2) is 13.5. The highest BCUT2D eigenvalue weighted by Gasteiger charge is 2.20. The van der Waals surface area contributed by atoms with Crippen molar-refractivity contribution in [2.75, 3.05) is 79.6 Å². The van der Waals surface area contributed by atoms with Crippen molar-refractivity contribution in [3.63, 3.8) is 0 Å². The summed E-state index contributed by atoms with van der Waals surface area (Å²) in [6.45, 7) is 13.3. The van der Waals surface area contributed by atoms with Gasteiger partial charge in [-0.2, -0.15) is 0 Å². The first-order chi connectivity index (χ1) is 19.5. The number of carbonyl (C=O) groups excluding carboxylic acids is 1. The Labute approximate surface area is 239 Å². The number of nitrogens with zero attached hydrogens (tertiary/aromatic N) is 5. The Morgan fingerprint density at radius 2 is 1.57 bits per heavy atom. The summed E-state index contributed by atoms with van der Waals surface area (Å²) in [5, 5.41) is 1.14. The van der Waals surface area contributed by atoms with Crippen molar-refractivity contribution < 1.29 is 9.53 Å². The summed E-state index contributed by atoms with van der Waals surface area (Å²) < 4.78 is 7.97. The lowest BCUT2D eigenvalue weighted by Gasteiger charge is -2.34. The molecule has 2 aliphatic heterocycles. The highest BCUT2D eigenvalue weighted by Crippen LogP contribution is 2.31. The molecule has 2 aliphatic rings. The topological polar surface area (TPSA) is 44.2 Å². The average molecular weight is 544 g/mol. The van der Waals surface area contributed by atoms with Crippen molar-refractivity contribution in [3.8, 4) is 5.75 Å². The summed E-state index contributed by atoms with van der Waals surface area (Å²) in [5.41, 5.74) is 4.89. The molecule has 0 N–H and O–H groups in total. The van der Waals surface area contributed by atoms with Gasteiger partial charge in [0.05, 0.1) is 7.11 Å². The van der Waals surface area contributed by atoms with Crippen LogP contribution in [0.3, 0.4) is 0 Å². The molecule has 0 atom stereocenters. The molecule has 7 heteroatoms. The zero-order valence-electron chi connectivity index (χ0n) is 24.5. The molecule has 1 amide bonds. The van der Waals surface area contributed by atoms with Gasteiger partial charge in [-0.25, -0.2) is 0 Å². The monoisotopic (exact) mass is 543 g/mol. The molecule has 0 radical (unpaired) electrons. The lowest BCUT2D eigenvalue weighted by atomic mass is 10.1. The first-order valence-electron chi connectivity index (χ1n) is 14.8. The molecule has 0 aliphatic carbocycles. The van der Waals surface area contributed by atoms with E-state index in [-0.39, 0.29) is 5.91 Å². The number of hydrogen-bond acceptors (Lipinski definition) is 5. The van der Waals surface area contributed by atoms with E-state index in [1.54, 1.807) is 13.2 Å². The molecule has 2 fully saturated rings. The molecule has 0 unspecified atom stereocenters. The Bertz CT molecular complexity index is 1290. The van der Waals surface area contributed by atoms with Gasteiger partial charge in [-0.3, -0.25) is 9.69 Å². The molecule has 7 nitrogen and oxygen atoms in total. The van der Waals surface area contributed by atoms with Crippen molar-refractivity contribution in [3.05, 3.63) is 71.4 Å². The number of hydrogen-bond donors (Lipinski definition) is 0. The normalized spacial score (nSPS) is 17.7. The molecule has 2 saturated heterocycles. The number of amides is 1. The molecule has 1 aromatic heterocycles. The molecular formula is C33H45N5O2. The predicted molar refractivity (Wildman–Crippen MR) is 164 cm³/mol. The van der Waals surface area contributed by atoms with Gasteiger partial charge in [-0.05, 0) is 63.2 Å². The van der Waals surface area contributed by atoms with E-state index < -0.39 is 0 Å². The third-order valence-corrected chi connectivity index (χ3v) is 8.67. The second-order valence-corrected chi connectivity index (χ2v) is 11.3. The van der Waals surface area contributed by atoms with Gasteiger partial charge >= 0.3 is 0 Å². The number of likely N-dealkylation sites (N-methyl/N-ethyl adjacent to an activating group) is 1. The van der Waals surface area contributed by atoms with Gasteiger partial charge in [-0.1, -0.05) is 30.3 Å². The summed E-state index contributed by atoms with van der Waals surface area (Å²) in [5.74, 6) is 0.940. The van der Waals surface area contributed by atoms with E-state index in [9.17, 15) is 4.79 Å². The molecule has 3 heterocycles. The maximum Gasteiger partial charge on any atom is 0.246 e. The van der Waals surface area contributed by atoms with Crippen LogP contribution < -0.4 is 4.74 Å². The van der Waals surface area contributed by atoms with E-state index in [0.29, 0.717) is 0 Å². The van der Waals surface area contributed by atoms with Crippen LogP contribution in [0.1, 0.15) is 23.2 Å². The van der Waals surface area contributed by atoms with E-state index in [4.69, 9.17) is 4.74 Å². The van der Waals surface area contributed by atoms with Crippen LogP contribution in [0, 0.1) is 6.92 Å². The average Bonchev–Trinajstić information content (AvgIpc) is 3.26. The minimum Gasteiger partial charge on any atom is -0.497 e. The summed E-state index contributed by atoms with van der Waals surface area (Å²) in [7, 11) is 3.91. The maximum atomic E-state index is 13.2. The number of rotatable bonds is 10. The quantitative estimate of drug-likeness (QED) is 0.362. The Morgan fingerprint density at radius 1 is 0.875 bits per heavy atom. The van der Waals surface area contributed by atoms with E-state index in [0.717, 1.165) is 102 Å². The van der Waals surface area contributed by atoms with Gasteiger partial charge in [0, 0.05) is 93.7 Å². The summed E-state index contributed by atoms with van der Waals surface area (Å²) in [6.07, 6.45) is 5.96. The van der Waals surface area contributed by atoms with Gasteiger partial charge in [0.2, 0.25) is 5.91 Å². The summed E-state index contributed by atoms with van der Waals surface area (Å²) in [4.78, 5) is 22.6. The van der Waals surface area contributed by atoms with Crippen molar-refractivity contribution in [2.24, 2.45) is 0 Å². The fraction of sp³-hybridized carbons (Fsp3) is 0.485. The molecule has 3 aromatic rings. The van der Waals surface area contributed by atoms with E-state index in [1.807, 2.05) is 17.0 Å². The van der Waals surface area contributed by atoms with Crippen molar-refractivity contribution in [1.82, 2.24) is 24.2 Å². The summed E-state index contributed by atoms with van der Waals surface area (Å²) in [6, 6.07) is 16.9. The van der Waals surface area contributed by atoms with Crippen molar-refractivity contribution in [2.45, 2.75) is 26.3 Å². The van der Waals surface area contributed by atoms with Crippen LogP contribution in [-0.4, -0.2) is 110 Å². The lowest BCUT2D eigenvalue weighted by Crippen LogP contribution is -2.48. The third-order valence-electron chi connectivity index (χ3n) is 8.67. The van der Waals surface area contributed by atoms with Gasteiger partial charge in [-0.15, -0.1) is 0 Å². The molecule has 5 rings (SSSR count). The predicted octanol–water partition coefficient (Wildman–Crippen LogP) is 4.00. The number of fused-ring (bicyclic) bond motifs is 1. The number of ether oxygens (including phenoxy) is 1. The number of methoxy groups -OCH3 is 1. The molecule has 2 aromatic carbocycles. The largest absolute Gasteiger partial charge is 0.497 e. The van der Waals surface area contributed by atoms with E-state index in [1.165, 1.54) is 16.8 Å². The summed E-state index contributed by atoms with van der Waals surface area (Å²) >= 11 is 0. The van der Waals surface area contributed by atoms with Crippen LogP contribution in [0.15, 0.2) is 54.6 Å². The van der Waals surface area contributed by atoms with Crippen LogP contribution in [0.5, 0.6) is 5.75 Å². The lowest BCUT2D eigenvalue weighted by molar-refractivity contribution is -0.127. The first-order valence-corrected chi connectivity index (χ1v) is 14.8. The first kappa shape index (κ1) is 28.4. The Balaban J connectivity index is 1.21. The SMILES string of the molecule is COc1ccc2c(c1)c(C=CC(=O)N1CCN(CCc3ccccc3)CC1)c(C)n2CCCN1CCN(C)CC1. The number of aryl methyl sites for hydroxylation is 1. The molecule has 40 heavy (non-hydrogen) atoms. The van der Waals surface area contributed by atoms with E-state index in [2.05, 4.69) is 75.7 Å². The standard InChI is InChI=1S/C33H45N5O2/c1-27-30(11-13-33(39)37-24-22-36(23-25-37)17-14-28-8-5-4-6-9-28)31-26-29(40-3)10-12-32(31)38(27)16-7-15-35-20-18-34(2)19-21-35/h4-6,8-13,26H,7,14-25H2,1-3H3. The smallest absolute Gasteiger partial charge is 0.246 e. The number of aromatic nitrogens is 1. The number of piperazine rings is 2. The van der Waals surface area contributed by atoms with Crippen LogP contribution in [-0.2, 0) is 17.8 Å². The Kier molecular flexibility index (Phi) is 9.57. The van der Waals surface area contributed by atoms with Gasteiger partial charge < -0.3 is 24.0 Å². The minimum atomic E-state index is 0.0981. The van der Waals surface area contributed by atoms with Gasteiger partial charge in [0.25, 0.3) is 0 Å². The zero-order valence-corrected chi connectivity index (χ0v) is 24.5. The zero-order chi connectivity index (χ0) is 27.9. The highest BCUT2D eigenvalue weighted by molar-refractivity contribution is 5.98. The Hall–Kier alpha value is -3.13. The second-order valence-electron chi connectivity index (χ2n) is 11.3. The third kappa shape index (κ3) is 6.95. The van der Waals surface area contributed by atoms with Crippen LogP contribution in [0.4, 0.5) is 0 Å². The van der Waals surface area contributed by atoms with Crippen LogP contribution in [0.2, 0.25) is 0 Å². The Morgan fingerprint density at radius 3 is 2.30 bits per heavy atom. The maximum absolute atomic E-state index is 13.2. The van der Waals surface area contributed by atoms with Gasteiger partial charge in [0.15, 0.2) is 0 Å². The fourth-order valence-corrected chi connectivity index (χ4v) is 6.02. The molecule has 0 spiro atoms. The molecule has 0 bridgehead atoms.